The first-order chi connectivity index (χ1) is 38.4. The van der Waals surface area contributed by atoms with Gasteiger partial charge in [-0.3, -0.25) is 49.2 Å². The Morgan fingerprint density at radius 1 is 0.700 bits per heavy atom. The molecule has 8 amide bonds. The molecule has 0 spiro atoms. The summed E-state index contributed by atoms with van der Waals surface area (Å²) >= 11 is 0. The number of benzene rings is 3. The minimum atomic E-state index is -1.57. The first-order valence-electron chi connectivity index (χ1n) is 26.3. The van der Waals surface area contributed by atoms with Gasteiger partial charge in [-0.05, 0) is 67.7 Å². The number of amides is 8. The minimum Gasteiger partial charge on any atom is -0.480 e. The van der Waals surface area contributed by atoms with Crippen molar-refractivity contribution in [3.63, 3.8) is 0 Å². The van der Waals surface area contributed by atoms with Crippen LogP contribution in [0, 0.1) is 10.8 Å². The second-order valence-corrected chi connectivity index (χ2v) is 19.2. The highest BCUT2D eigenvalue weighted by molar-refractivity contribution is 5.98. The van der Waals surface area contributed by atoms with Crippen molar-refractivity contribution < 1.29 is 53.0 Å². The van der Waals surface area contributed by atoms with Crippen molar-refractivity contribution in [2.75, 3.05) is 26.2 Å². The van der Waals surface area contributed by atoms with Gasteiger partial charge < -0.3 is 79.5 Å². The zero-order valence-corrected chi connectivity index (χ0v) is 44.5. The molecule has 3 aromatic carbocycles. The smallest absolute Gasteiger partial charge is 0.326 e. The molecule has 0 saturated carbocycles. The number of rotatable bonds is 20. The summed E-state index contributed by atoms with van der Waals surface area (Å²) in [6.45, 7) is 0.881. The number of nitrogens with two attached hydrogens (primary N) is 2. The van der Waals surface area contributed by atoms with Crippen LogP contribution in [0.5, 0.6) is 0 Å². The molecule has 1 saturated heterocycles. The average molecular weight is 1110 g/mol. The van der Waals surface area contributed by atoms with E-state index in [1.165, 1.54) is 6.92 Å². The Bertz CT molecular complexity index is 2780. The summed E-state index contributed by atoms with van der Waals surface area (Å²) in [4.78, 5) is 128. The number of nitrogens with one attached hydrogen (secondary N) is 13. The van der Waals surface area contributed by atoms with Gasteiger partial charge in [0.1, 0.15) is 42.3 Å². The number of hydrogen-bond donors (Lipinski definition) is 16. The predicted molar refractivity (Wildman–Crippen MR) is 295 cm³/mol. The standard InChI is InChI=1S/C54H73N15O11/c1-32(70)63-38(19-10-25-60-53(55)56)46(72)65-40-22-23-45(71)59-24-12-21-41(52(78)79)66-50(76)43(28-35-29-62-37-18-9-8-17-36(35)37)68-47(73)39(20-11-26-61-54(57)58)64-49(75)42(27-33-13-4-2-5-14-33)67-51(77)44(69-48(40)74)31-80-30-34-15-6-3-7-16-34/h2-9,13-18,29,38-44,62H,10-12,19-28,30-31H2,1H3,(H,59,71)(H,63,70)(H,64,75)(H,65,72)(H,66,76)(H,67,77)(H,68,73)(H,69,74)(H,78,79)(H4,55,56,60)(H4,57,58,61)/t38-,39-,40-,41-,42+,43-,44-/m0/s1. The van der Waals surface area contributed by atoms with Crippen LogP contribution < -0.4 is 64.6 Å². The Kier molecular flexibility index (Phi) is 24.7. The zero-order chi connectivity index (χ0) is 58.0. The number of guanidine groups is 2. The molecule has 1 aromatic heterocycles. The Hall–Kier alpha value is -9.07. The molecule has 2 heterocycles. The summed E-state index contributed by atoms with van der Waals surface area (Å²) in [6, 6.07) is 14.7. The molecular formula is C54H73N15O11. The lowest BCUT2D eigenvalue weighted by Crippen LogP contribution is -2.61. The van der Waals surface area contributed by atoms with Gasteiger partial charge in [0, 0.05) is 62.9 Å². The number of aromatic amines is 1. The quantitative estimate of drug-likeness (QED) is 0.0283. The van der Waals surface area contributed by atoms with Crippen LogP contribution in [0.2, 0.25) is 0 Å². The number of carbonyl (C=O) groups excluding carboxylic acids is 8. The summed E-state index contributed by atoms with van der Waals surface area (Å²) in [5.41, 5.74) is 13.6. The predicted octanol–water partition coefficient (Wildman–Crippen LogP) is -1.12. The first-order valence-corrected chi connectivity index (χ1v) is 26.3. The van der Waals surface area contributed by atoms with E-state index < -0.39 is 102 Å². The lowest BCUT2D eigenvalue weighted by atomic mass is 10.0. The van der Waals surface area contributed by atoms with Crippen LogP contribution in [0.1, 0.15) is 75.0 Å². The van der Waals surface area contributed by atoms with E-state index in [2.05, 4.69) is 58.2 Å². The normalized spacial score (nSPS) is 20.5. The lowest BCUT2D eigenvalue weighted by molar-refractivity contribution is -0.142. The summed E-state index contributed by atoms with van der Waals surface area (Å²) < 4.78 is 5.99. The molecule has 4 aromatic rings. The third-order valence-corrected chi connectivity index (χ3v) is 12.9. The molecule has 1 fully saturated rings. The van der Waals surface area contributed by atoms with Crippen molar-refractivity contribution in [1.82, 2.24) is 58.2 Å². The molecule has 18 N–H and O–H groups in total. The highest BCUT2D eigenvalue weighted by Gasteiger charge is 2.35. The Morgan fingerprint density at radius 2 is 1.27 bits per heavy atom. The molecular weight excluding hydrogens is 1030 g/mol. The van der Waals surface area contributed by atoms with Crippen LogP contribution in [0.4, 0.5) is 0 Å². The van der Waals surface area contributed by atoms with Gasteiger partial charge in [-0.2, -0.15) is 0 Å². The van der Waals surface area contributed by atoms with Gasteiger partial charge in [0.15, 0.2) is 11.9 Å². The van der Waals surface area contributed by atoms with Crippen molar-refractivity contribution in [3.8, 4) is 0 Å². The fourth-order valence-electron chi connectivity index (χ4n) is 8.74. The van der Waals surface area contributed by atoms with E-state index in [1.807, 2.05) is 18.2 Å². The van der Waals surface area contributed by atoms with Gasteiger partial charge in [0.05, 0.1) is 13.2 Å². The Morgan fingerprint density at radius 3 is 1.94 bits per heavy atom. The third kappa shape index (κ3) is 21.0. The van der Waals surface area contributed by atoms with Crippen molar-refractivity contribution in [2.45, 2.75) is 120 Å². The number of carboxylic acid groups (broad SMARTS) is 1. The minimum absolute atomic E-state index is 0.0204. The van der Waals surface area contributed by atoms with Gasteiger partial charge in [-0.1, -0.05) is 78.9 Å². The maximum absolute atomic E-state index is 14.8. The summed E-state index contributed by atoms with van der Waals surface area (Å²) in [7, 11) is 0. The molecule has 430 valence electrons. The number of fused-ring (bicyclic) bond motifs is 1. The van der Waals surface area contributed by atoms with Crippen LogP contribution in [0.3, 0.4) is 0 Å². The van der Waals surface area contributed by atoms with Gasteiger partial charge in [-0.25, -0.2) is 4.79 Å². The number of hydrogen-bond acceptors (Lipinski definition) is 12. The Balaban J connectivity index is 1.55. The highest BCUT2D eigenvalue weighted by atomic mass is 16.5. The van der Waals surface area contributed by atoms with Crippen molar-refractivity contribution in [3.05, 3.63) is 108 Å². The Labute approximate surface area is 462 Å². The second-order valence-electron chi connectivity index (χ2n) is 19.2. The van der Waals surface area contributed by atoms with E-state index in [4.69, 9.17) is 27.0 Å². The van der Waals surface area contributed by atoms with E-state index in [1.54, 1.807) is 72.9 Å². The fourth-order valence-corrected chi connectivity index (χ4v) is 8.74. The van der Waals surface area contributed by atoms with Gasteiger partial charge >= 0.3 is 5.97 Å². The van der Waals surface area contributed by atoms with Gasteiger partial charge in [0.2, 0.25) is 47.3 Å². The molecule has 0 unspecified atom stereocenters. The summed E-state index contributed by atoms with van der Waals surface area (Å²) in [5, 5.41) is 52.6. The maximum Gasteiger partial charge on any atom is 0.326 e. The van der Waals surface area contributed by atoms with Crippen LogP contribution in [-0.4, -0.2) is 144 Å². The largest absolute Gasteiger partial charge is 0.480 e. The topological polar surface area (TPSA) is 419 Å². The monoisotopic (exact) mass is 1110 g/mol. The highest BCUT2D eigenvalue weighted by Crippen LogP contribution is 2.20. The van der Waals surface area contributed by atoms with Crippen LogP contribution in [-0.2, 0) is 67.3 Å². The number of aliphatic carboxylic acids is 1. The molecule has 0 aliphatic carbocycles. The number of carboxylic acids is 1. The third-order valence-electron chi connectivity index (χ3n) is 12.9. The number of ether oxygens (including phenoxy) is 1. The second kappa shape index (κ2) is 32.0. The van der Waals surface area contributed by atoms with Crippen LogP contribution >= 0.6 is 0 Å². The first kappa shape index (κ1) is 61.8. The number of H-pyrrole nitrogens is 1. The molecule has 80 heavy (non-hydrogen) atoms. The zero-order valence-electron chi connectivity index (χ0n) is 44.5. The molecule has 5 rings (SSSR count). The molecule has 0 radical (unpaired) electrons. The van der Waals surface area contributed by atoms with E-state index in [-0.39, 0.29) is 102 Å². The summed E-state index contributed by atoms with van der Waals surface area (Å²) in [6.07, 6.45) is 0.847. The van der Waals surface area contributed by atoms with Crippen molar-refractivity contribution in [1.29, 1.82) is 10.8 Å². The van der Waals surface area contributed by atoms with Crippen LogP contribution in [0.15, 0.2) is 91.1 Å². The van der Waals surface area contributed by atoms with Crippen molar-refractivity contribution >= 4 is 76.0 Å². The number of para-hydroxylation sites is 1. The number of carbonyl (C=O) groups is 9. The number of aromatic nitrogens is 1. The maximum atomic E-state index is 14.8. The average Bonchev–Trinajstić information content (AvgIpc) is 3.83. The van der Waals surface area contributed by atoms with Crippen molar-refractivity contribution in [2.24, 2.45) is 11.5 Å². The molecule has 26 nitrogen and oxygen atoms in total. The SMILES string of the molecule is CC(=O)N[C@@H](CCCNC(=N)N)C(=O)N[C@H]1CCC(=O)NCCC[C@@H](C(=O)O)NC(=O)[C@H](Cc2c[nH]c3ccccc23)NC(=O)[C@H](CCCNC(=N)N)NC(=O)[C@@H](Cc2ccccc2)NC(=O)[C@H](COCc2ccccc2)NC1=O. The van der Waals surface area contributed by atoms with Gasteiger partial charge in [-0.15, -0.1) is 0 Å². The molecule has 26 heteroatoms. The van der Waals surface area contributed by atoms with E-state index in [9.17, 15) is 48.3 Å². The van der Waals surface area contributed by atoms with Crippen LogP contribution in [0.25, 0.3) is 10.9 Å². The fraction of sp³-hybridized carbons (Fsp3) is 0.426. The van der Waals surface area contributed by atoms with E-state index in [0.29, 0.717) is 11.1 Å². The summed E-state index contributed by atoms with van der Waals surface area (Å²) in [5.74, 6) is -8.50. The lowest BCUT2D eigenvalue weighted by Gasteiger charge is -2.28. The molecule has 0 bridgehead atoms. The van der Waals surface area contributed by atoms with Gasteiger partial charge in [0.25, 0.3) is 0 Å². The molecule has 1 aliphatic rings. The molecule has 1 aliphatic heterocycles. The van der Waals surface area contributed by atoms with E-state index in [0.717, 1.165) is 16.5 Å². The molecule has 7 atom stereocenters. The van der Waals surface area contributed by atoms with E-state index >= 15 is 0 Å².